The van der Waals surface area contributed by atoms with E-state index in [9.17, 15) is 19.8 Å². The highest BCUT2D eigenvalue weighted by Gasteiger charge is 2.57. The van der Waals surface area contributed by atoms with Gasteiger partial charge < -0.3 is 42.0 Å². The minimum Gasteiger partial charge on any atom is -0.496 e. The second kappa shape index (κ2) is 10.5. The number of aliphatic carboxylic acids is 2. The molecule has 2 N–H and O–H groups in total. The number of aromatic nitrogens is 1. The van der Waals surface area contributed by atoms with Crippen molar-refractivity contribution in [2.45, 2.75) is 53.4 Å². The van der Waals surface area contributed by atoms with Crippen LogP contribution in [0.3, 0.4) is 0 Å². The minimum atomic E-state index is -4.42. The van der Waals surface area contributed by atoms with Crippen LogP contribution in [-0.2, 0) is 16.0 Å². The topological polar surface area (TPSA) is 110 Å². The monoisotopic (exact) mass is 558 g/mol. The molecule has 0 amide bonds. The molecule has 40 heavy (non-hydrogen) atoms. The molecule has 0 atom stereocenters. The summed E-state index contributed by atoms with van der Waals surface area (Å²) in [4.78, 5) is 22.8. The summed E-state index contributed by atoms with van der Waals surface area (Å²) >= 11 is 0. The van der Waals surface area contributed by atoms with E-state index in [2.05, 4.69) is 0 Å². The molecule has 12 heteroatoms. The van der Waals surface area contributed by atoms with E-state index < -0.39 is 18.9 Å². The van der Waals surface area contributed by atoms with E-state index in [1.807, 2.05) is 0 Å². The number of carbonyl (C=O) groups is 2. The molecule has 0 saturated heterocycles. The molecular weight excluding hydrogens is 525 g/mol. The molecule has 9 nitrogen and oxygen atoms in total. The average Bonchev–Trinajstić information content (AvgIpc) is 3.30. The molecule has 2 aromatic rings. The first-order valence-electron chi connectivity index (χ1n) is 12.9. The number of ether oxygens (including phenoxy) is 3. The fourth-order valence-electron chi connectivity index (χ4n) is 6.12. The molecule has 0 bridgehead atoms. The summed E-state index contributed by atoms with van der Waals surface area (Å²) in [6.07, 6.45) is -0.233. The van der Waals surface area contributed by atoms with Gasteiger partial charge in [0.1, 0.15) is 11.5 Å². The lowest BCUT2D eigenvalue weighted by Crippen LogP contribution is -2.51. The maximum absolute atomic E-state index is 16.7. The Morgan fingerprint density at radius 3 is 2.00 bits per heavy atom. The third-order valence-corrected chi connectivity index (χ3v) is 7.94. The van der Waals surface area contributed by atoms with Gasteiger partial charge in [0.2, 0.25) is 0 Å². The lowest BCUT2D eigenvalue weighted by molar-refractivity contribution is -0.363. The fraction of sp³-hybridized carbons (Fsp3) is 0.393. The molecule has 1 aromatic heterocycles. The molecule has 0 unspecified atom stereocenters. The number of fused-ring (bicyclic) bond motifs is 2. The van der Waals surface area contributed by atoms with E-state index in [-0.39, 0.29) is 48.5 Å². The van der Waals surface area contributed by atoms with Crippen molar-refractivity contribution in [3.63, 3.8) is 0 Å². The van der Waals surface area contributed by atoms with Crippen LogP contribution in [-0.4, -0.2) is 65.1 Å². The molecule has 0 aliphatic carbocycles. The molecule has 2 aliphatic rings. The minimum absolute atomic E-state index is 0.0895. The van der Waals surface area contributed by atoms with Gasteiger partial charge in [0.05, 0.1) is 26.9 Å². The van der Waals surface area contributed by atoms with Crippen LogP contribution in [0, 0.1) is 13.8 Å². The van der Waals surface area contributed by atoms with Gasteiger partial charge in [-0.15, -0.1) is 0 Å². The predicted molar refractivity (Wildman–Crippen MR) is 146 cm³/mol. The van der Waals surface area contributed by atoms with Crippen molar-refractivity contribution >= 4 is 30.2 Å². The zero-order valence-electron chi connectivity index (χ0n) is 23.6. The first-order valence-corrected chi connectivity index (χ1v) is 12.9. The standard InChI is InChI=1S/C28H33BF2N2O7/c1-14-18(8-10-24(34)35)16(3)32-27(14)26(20-12-22(39-6)23(40-7)13-21(20)38-5)28-15(2)19(9-11-25(36)37)17(4)33(28)29(32,30)31/h12-13H,8-11H2,1-7H3,(H,34,35)(H,36,37). The van der Waals surface area contributed by atoms with E-state index in [1.165, 1.54) is 21.3 Å². The van der Waals surface area contributed by atoms with Gasteiger partial charge in [0.25, 0.3) is 0 Å². The second-order valence-corrected chi connectivity index (χ2v) is 9.97. The molecule has 3 heterocycles. The predicted octanol–water partition coefficient (Wildman–Crippen LogP) is 4.81. The number of hydrogen-bond donors (Lipinski definition) is 2. The number of methoxy groups -OCH3 is 3. The zero-order valence-corrected chi connectivity index (χ0v) is 23.6. The highest BCUT2D eigenvalue weighted by atomic mass is 19.2. The lowest BCUT2D eigenvalue weighted by Gasteiger charge is -2.34. The lowest BCUT2D eigenvalue weighted by atomic mass is 9.83. The van der Waals surface area contributed by atoms with Crippen LogP contribution in [0.5, 0.6) is 17.2 Å². The Labute approximate surface area is 231 Å². The summed E-state index contributed by atoms with van der Waals surface area (Å²) in [5, 5.41) is 18.6. The Kier molecular flexibility index (Phi) is 7.57. The van der Waals surface area contributed by atoms with Crippen LogP contribution in [0.4, 0.5) is 8.63 Å². The van der Waals surface area contributed by atoms with Crippen molar-refractivity contribution in [2.24, 2.45) is 0 Å². The van der Waals surface area contributed by atoms with Gasteiger partial charge in [-0.1, -0.05) is 0 Å². The number of nitrogens with zero attached hydrogens (tertiary/aromatic N) is 2. The van der Waals surface area contributed by atoms with Crippen molar-refractivity contribution in [3.8, 4) is 17.2 Å². The fourth-order valence-corrected chi connectivity index (χ4v) is 6.12. The highest BCUT2D eigenvalue weighted by molar-refractivity contribution is 6.58. The largest absolute Gasteiger partial charge is 0.737 e. The van der Waals surface area contributed by atoms with E-state index in [1.54, 1.807) is 39.8 Å². The van der Waals surface area contributed by atoms with E-state index in [0.29, 0.717) is 50.7 Å². The quantitative estimate of drug-likeness (QED) is 0.403. The van der Waals surface area contributed by atoms with Gasteiger partial charge in [-0.05, 0) is 56.5 Å². The van der Waals surface area contributed by atoms with Crippen LogP contribution in [0.1, 0.15) is 61.2 Å². The Morgan fingerprint density at radius 1 is 0.900 bits per heavy atom. The molecular formula is C28H33BF2N2O7. The summed E-state index contributed by atoms with van der Waals surface area (Å²) in [5.41, 5.74) is 4.18. The summed E-state index contributed by atoms with van der Waals surface area (Å²) < 4.78 is 52.1. The molecule has 2 aliphatic heterocycles. The number of halogens is 2. The summed E-state index contributed by atoms with van der Waals surface area (Å²) in [6.45, 7) is 2.18. The Hall–Kier alpha value is -4.09. The van der Waals surface area contributed by atoms with Crippen molar-refractivity contribution in [1.29, 1.82) is 0 Å². The summed E-state index contributed by atoms with van der Waals surface area (Å²) in [7, 11) is 4.42. The molecule has 4 rings (SSSR count). The summed E-state index contributed by atoms with van der Waals surface area (Å²) in [5.74, 6) is -0.922. The number of allylic oxidation sites excluding steroid dienone is 2. The third-order valence-electron chi connectivity index (χ3n) is 7.94. The van der Waals surface area contributed by atoms with Crippen molar-refractivity contribution in [1.82, 2.24) is 4.48 Å². The van der Waals surface area contributed by atoms with E-state index in [4.69, 9.17) is 14.2 Å². The molecule has 0 radical (unpaired) electrons. The van der Waals surface area contributed by atoms with Crippen molar-refractivity contribution in [3.05, 3.63) is 57.1 Å². The van der Waals surface area contributed by atoms with Crippen molar-refractivity contribution in [2.75, 3.05) is 21.3 Å². The molecule has 1 aromatic carbocycles. The van der Waals surface area contributed by atoms with Crippen LogP contribution in [0.25, 0.3) is 5.57 Å². The second-order valence-electron chi connectivity index (χ2n) is 9.97. The number of carboxylic acids is 2. The SMILES string of the molecule is COc1cc(OC)c(C2=C3C(C)=C(CCC(=O)O)C(C)=[N+]3[B-](F)(F)n3c(C)c(CCC(=O)O)c(C)c32)cc1OC. The van der Waals surface area contributed by atoms with Gasteiger partial charge in [0, 0.05) is 48.2 Å². The average molecular weight is 558 g/mol. The van der Waals surface area contributed by atoms with Gasteiger partial charge in [-0.25, -0.2) is 0 Å². The third kappa shape index (κ3) is 4.35. The first kappa shape index (κ1) is 28.9. The number of rotatable bonds is 10. The Morgan fingerprint density at radius 2 is 1.45 bits per heavy atom. The number of carboxylic acid groups (broad SMARTS) is 2. The van der Waals surface area contributed by atoms with Crippen LogP contribution in [0.15, 0.2) is 29.0 Å². The first-order chi connectivity index (χ1) is 18.8. The summed E-state index contributed by atoms with van der Waals surface area (Å²) in [6, 6.07) is 3.30. The zero-order chi connectivity index (χ0) is 29.7. The van der Waals surface area contributed by atoms with Crippen LogP contribution < -0.4 is 14.2 Å². The van der Waals surface area contributed by atoms with Gasteiger partial charge in [-0.2, -0.15) is 0 Å². The van der Waals surface area contributed by atoms with Gasteiger partial charge in [-0.3, -0.25) is 9.59 Å². The number of hydrogen-bond acceptors (Lipinski definition) is 5. The Bertz CT molecular complexity index is 1540. The molecule has 0 spiro atoms. The van der Waals surface area contributed by atoms with E-state index in [0.717, 1.165) is 8.96 Å². The molecule has 0 fully saturated rings. The van der Waals surface area contributed by atoms with Gasteiger partial charge >= 0.3 is 18.9 Å². The van der Waals surface area contributed by atoms with Crippen molar-refractivity contribution < 1.29 is 47.1 Å². The van der Waals surface area contributed by atoms with E-state index >= 15 is 8.63 Å². The van der Waals surface area contributed by atoms with Crippen LogP contribution >= 0.6 is 0 Å². The Balaban J connectivity index is 2.18. The smallest absolute Gasteiger partial charge is 0.496 e. The normalized spacial score (nSPS) is 15.8. The maximum Gasteiger partial charge on any atom is 0.737 e. The number of benzene rings is 1. The maximum atomic E-state index is 16.7. The molecule has 214 valence electrons. The van der Waals surface area contributed by atoms with Crippen LogP contribution in [0.2, 0.25) is 0 Å². The molecule has 0 saturated carbocycles. The van der Waals surface area contributed by atoms with Gasteiger partial charge in [0.15, 0.2) is 17.2 Å². The highest BCUT2D eigenvalue weighted by Crippen LogP contribution is 2.50.